The fraction of sp³-hybridized carbons (Fsp3) is 0.500. The first-order valence-corrected chi connectivity index (χ1v) is 5.96. The van der Waals surface area contributed by atoms with E-state index >= 15 is 0 Å². The van der Waals surface area contributed by atoms with E-state index in [9.17, 15) is 4.79 Å². The van der Waals surface area contributed by atoms with E-state index in [0.717, 1.165) is 11.1 Å². The van der Waals surface area contributed by atoms with Gasteiger partial charge in [0.25, 0.3) is 0 Å². The Bertz CT molecular complexity index is 439. The molecule has 0 fully saturated rings. The Morgan fingerprint density at radius 1 is 1.50 bits per heavy atom. The number of carboxylic acids is 1. The van der Waals surface area contributed by atoms with E-state index in [-0.39, 0.29) is 12.6 Å². The molecule has 1 atom stereocenters. The lowest BCUT2D eigenvalue weighted by Gasteiger charge is -2.22. The molecule has 4 heteroatoms. The Morgan fingerprint density at radius 2 is 2.11 bits per heavy atom. The molecular formula is C14H21NO3. The van der Waals surface area contributed by atoms with Crippen molar-refractivity contribution in [3.05, 3.63) is 29.3 Å². The Kier molecular flexibility index (Phi) is 4.35. The second-order valence-corrected chi connectivity index (χ2v) is 5.31. The number of aliphatic carboxylic acids is 1. The molecule has 0 aliphatic heterocycles. The van der Waals surface area contributed by atoms with Crippen molar-refractivity contribution in [1.29, 1.82) is 0 Å². The van der Waals surface area contributed by atoms with Gasteiger partial charge in [0.1, 0.15) is 12.4 Å². The smallest absolute Gasteiger partial charge is 0.312 e. The van der Waals surface area contributed by atoms with Crippen LogP contribution in [0.4, 0.5) is 0 Å². The molecular weight excluding hydrogens is 230 g/mol. The van der Waals surface area contributed by atoms with Crippen molar-refractivity contribution in [2.24, 2.45) is 11.1 Å². The van der Waals surface area contributed by atoms with Crippen molar-refractivity contribution in [2.75, 3.05) is 6.61 Å². The third-order valence-corrected chi connectivity index (χ3v) is 2.82. The summed E-state index contributed by atoms with van der Waals surface area (Å²) in [4.78, 5) is 11.0. The molecule has 100 valence electrons. The highest BCUT2D eigenvalue weighted by Crippen LogP contribution is 2.27. The number of hydrogen-bond acceptors (Lipinski definition) is 3. The third-order valence-electron chi connectivity index (χ3n) is 2.82. The zero-order valence-corrected chi connectivity index (χ0v) is 11.4. The first kappa shape index (κ1) is 14.5. The standard InChI is InChI=1S/C14H21NO3/c1-9-5-6-12(11(7-9)10(2)15)18-8-14(3,4)13(16)17/h5-7,10H,8,15H2,1-4H3,(H,16,17)/t10-/m1/s1. The highest BCUT2D eigenvalue weighted by molar-refractivity contribution is 5.73. The molecule has 18 heavy (non-hydrogen) atoms. The number of rotatable bonds is 5. The summed E-state index contributed by atoms with van der Waals surface area (Å²) < 4.78 is 5.62. The molecule has 0 saturated carbocycles. The zero-order chi connectivity index (χ0) is 13.9. The van der Waals surface area contributed by atoms with Crippen LogP contribution in [0.3, 0.4) is 0 Å². The van der Waals surface area contributed by atoms with Gasteiger partial charge in [-0.15, -0.1) is 0 Å². The number of hydrogen-bond donors (Lipinski definition) is 2. The van der Waals surface area contributed by atoms with Crippen molar-refractivity contribution in [2.45, 2.75) is 33.7 Å². The summed E-state index contributed by atoms with van der Waals surface area (Å²) in [6, 6.07) is 5.59. The van der Waals surface area contributed by atoms with Crippen molar-refractivity contribution < 1.29 is 14.6 Å². The van der Waals surface area contributed by atoms with Crippen LogP contribution in [0, 0.1) is 12.3 Å². The minimum atomic E-state index is -0.917. The summed E-state index contributed by atoms with van der Waals surface area (Å²) in [7, 11) is 0. The minimum Gasteiger partial charge on any atom is -0.492 e. The molecule has 0 unspecified atom stereocenters. The Hall–Kier alpha value is -1.55. The molecule has 0 saturated heterocycles. The van der Waals surface area contributed by atoms with Crippen LogP contribution in [-0.2, 0) is 4.79 Å². The lowest BCUT2D eigenvalue weighted by molar-refractivity contribution is -0.148. The van der Waals surface area contributed by atoms with Gasteiger partial charge in [0, 0.05) is 11.6 Å². The van der Waals surface area contributed by atoms with Gasteiger partial charge in [-0.2, -0.15) is 0 Å². The second kappa shape index (κ2) is 5.40. The molecule has 1 aromatic rings. The van der Waals surface area contributed by atoms with Gasteiger partial charge in [0.15, 0.2) is 0 Å². The van der Waals surface area contributed by atoms with Crippen molar-refractivity contribution in [3.63, 3.8) is 0 Å². The first-order chi connectivity index (χ1) is 8.24. The summed E-state index contributed by atoms with van der Waals surface area (Å²) in [5.74, 6) is -0.220. The number of aryl methyl sites for hydroxylation is 1. The topological polar surface area (TPSA) is 72.5 Å². The number of nitrogens with two attached hydrogens (primary N) is 1. The lowest BCUT2D eigenvalue weighted by atomic mass is 9.95. The molecule has 0 aromatic heterocycles. The minimum absolute atomic E-state index is 0.116. The van der Waals surface area contributed by atoms with Crippen LogP contribution >= 0.6 is 0 Å². The maximum Gasteiger partial charge on any atom is 0.312 e. The van der Waals surface area contributed by atoms with Gasteiger partial charge in [-0.25, -0.2) is 0 Å². The molecule has 0 heterocycles. The predicted molar refractivity (Wildman–Crippen MR) is 70.7 cm³/mol. The summed E-state index contributed by atoms with van der Waals surface area (Å²) in [6.45, 7) is 7.25. The van der Waals surface area contributed by atoms with Crippen molar-refractivity contribution >= 4 is 5.97 Å². The van der Waals surface area contributed by atoms with Gasteiger partial charge in [-0.05, 0) is 33.8 Å². The third kappa shape index (κ3) is 3.47. The van der Waals surface area contributed by atoms with Crippen LogP contribution < -0.4 is 10.5 Å². The molecule has 4 nitrogen and oxygen atoms in total. The Morgan fingerprint density at radius 3 is 2.61 bits per heavy atom. The van der Waals surface area contributed by atoms with Crippen LogP contribution in [0.25, 0.3) is 0 Å². The van der Waals surface area contributed by atoms with E-state index in [1.165, 1.54) is 0 Å². The molecule has 0 radical (unpaired) electrons. The predicted octanol–water partition coefficient (Wildman–Crippen LogP) is 2.50. The molecule has 1 rings (SSSR count). The summed E-state index contributed by atoms with van der Waals surface area (Å²) in [5.41, 5.74) is 6.97. The van der Waals surface area contributed by atoms with E-state index in [0.29, 0.717) is 5.75 Å². The van der Waals surface area contributed by atoms with E-state index in [2.05, 4.69) is 0 Å². The van der Waals surface area contributed by atoms with Gasteiger partial charge >= 0.3 is 5.97 Å². The lowest BCUT2D eigenvalue weighted by Crippen LogP contribution is -2.31. The maximum atomic E-state index is 11.0. The summed E-state index contributed by atoms with van der Waals surface area (Å²) >= 11 is 0. The number of benzene rings is 1. The van der Waals surface area contributed by atoms with Crippen molar-refractivity contribution in [3.8, 4) is 5.75 Å². The van der Waals surface area contributed by atoms with Gasteiger partial charge in [0.2, 0.25) is 0 Å². The highest BCUT2D eigenvalue weighted by Gasteiger charge is 2.28. The van der Waals surface area contributed by atoms with Crippen LogP contribution in [0.5, 0.6) is 5.75 Å². The van der Waals surface area contributed by atoms with Crippen LogP contribution in [0.2, 0.25) is 0 Å². The molecule has 0 aliphatic rings. The molecule has 0 spiro atoms. The largest absolute Gasteiger partial charge is 0.492 e. The highest BCUT2D eigenvalue weighted by atomic mass is 16.5. The zero-order valence-electron chi connectivity index (χ0n) is 11.4. The Balaban J connectivity index is 2.88. The molecule has 0 amide bonds. The van der Waals surface area contributed by atoms with E-state index in [4.69, 9.17) is 15.6 Å². The van der Waals surface area contributed by atoms with E-state index < -0.39 is 11.4 Å². The fourth-order valence-corrected chi connectivity index (χ4v) is 1.48. The monoisotopic (exact) mass is 251 g/mol. The van der Waals surface area contributed by atoms with Crippen LogP contribution in [-0.4, -0.2) is 17.7 Å². The average molecular weight is 251 g/mol. The normalized spacial score (nSPS) is 13.2. The maximum absolute atomic E-state index is 11.0. The van der Waals surface area contributed by atoms with Crippen LogP contribution in [0.1, 0.15) is 37.9 Å². The summed E-state index contributed by atoms with van der Waals surface area (Å²) in [6.07, 6.45) is 0. The van der Waals surface area contributed by atoms with E-state index in [1.807, 2.05) is 32.0 Å². The van der Waals surface area contributed by atoms with Gasteiger partial charge in [0.05, 0.1) is 5.41 Å². The number of carbonyl (C=O) groups is 1. The summed E-state index contributed by atoms with van der Waals surface area (Å²) in [5, 5.41) is 9.04. The van der Waals surface area contributed by atoms with Crippen molar-refractivity contribution in [1.82, 2.24) is 0 Å². The SMILES string of the molecule is Cc1ccc(OCC(C)(C)C(=O)O)c([C@@H](C)N)c1. The quantitative estimate of drug-likeness (QED) is 0.843. The van der Waals surface area contributed by atoms with Crippen LogP contribution in [0.15, 0.2) is 18.2 Å². The number of ether oxygens (including phenoxy) is 1. The Labute approximate surface area is 108 Å². The van der Waals surface area contributed by atoms with Gasteiger partial charge in [-0.3, -0.25) is 4.79 Å². The first-order valence-electron chi connectivity index (χ1n) is 5.96. The number of carboxylic acid groups (broad SMARTS) is 1. The molecule has 0 aliphatic carbocycles. The molecule has 0 bridgehead atoms. The van der Waals surface area contributed by atoms with Gasteiger partial charge < -0.3 is 15.6 Å². The molecule has 3 N–H and O–H groups in total. The molecule has 1 aromatic carbocycles. The van der Waals surface area contributed by atoms with E-state index in [1.54, 1.807) is 13.8 Å². The second-order valence-electron chi connectivity index (χ2n) is 5.31. The van der Waals surface area contributed by atoms with Gasteiger partial charge in [-0.1, -0.05) is 17.7 Å². The fourth-order valence-electron chi connectivity index (χ4n) is 1.48. The average Bonchev–Trinajstić information content (AvgIpc) is 2.27.